The first kappa shape index (κ1) is 16.5. The van der Waals surface area contributed by atoms with Crippen molar-refractivity contribution >= 4 is 0 Å². The number of ether oxygens (including phenoxy) is 1. The van der Waals surface area contributed by atoms with Gasteiger partial charge in [-0.25, -0.2) is 0 Å². The standard InChI is InChI=1S/C19H30O2/c1-15(13-21-14-17-8-5-4-6-9-17)16(2)19(3)11-7-10-18(20)12-19/h4-6,8-9,15-16,18,20H,7,10-14H2,1-3H3/t15-,16+,18-,19-/m0/s1. The number of aliphatic hydroxyl groups excluding tert-OH is 1. The summed E-state index contributed by atoms with van der Waals surface area (Å²) in [5, 5.41) is 9.97. The Morgan fingerprint density at radius 1 is 1.29 bits per heavy atom. The number of hydrogen-bond acceptors (Lipinski definition) is 2. The average molecular weight is 290 g/mol. The third kappa shape index (κ3) is 4.55. The van der Waals surface area contributed by atoms with E-state index < -0.39 is 0 Å². The molecular formula is C19H30O2. The van der Waals surface area contributed by atoms with Gasteiger partial charge in [-0.2, -0.15) is 0 Å². The second-order valence-electron chi connectivity index (χ2n) is 7.17. The Bertz CT molecular complexity index is 417. The fourth-order valence-corrected chi connectivity index (χ4v) is 3.67. The lowest BCUT2D eigenvalue weighted by Gasteiger charge is -2.43. The molecule has 0 unspecified atom stereocenters. The van der Waals surface area contributed by atoms with Crippen LogP contribution in [0, 0.1) is 17.3 Å². The van der Waals surface area contributed by atoms with Crippen molar-refractivity contribution in [2.75, 3.05) is 6.61 Å². The summed E-state index contributed by atoms with van der Waals surface area (Å²) in [5.41, 5.74) is 1.49. The van der Waals surface area contributed by atoms with Gasteiger partial charge in [0.25, 0.3) is 0 Å². The molecule has 1 aromatic rings. The van der Waals surface area contributed by atoms with Gasteiger partial charge in [0.2, 0.25) is 0 Å². The Morgan fingerprint density at radius 2 is 2.00 bits per heavy atom. The Morgan fingerprint density at radius 3 is 2.67 bits per heavy atom. The first-order chi connectivity index (χ1) is 10.0. The van der Waals surface area contributed by atoms with Crippen molar-refractivity contribution in [3.05, 3.63) is 35.9 Å². The van der Waals surface area contributed by atoms with E-state index in [1.165, 1.54) is 12.0 Å². The van der Waals surface area contributed by atoms with Crippen molar-refractivity contribution in [1.29, 1.82) is 0 Å². The van der Waals surface area contributed by atoms with Crippen LogP contribution in [0.25, 0.3) is 0 Å². The van der Waals surface area contributed by atoms with Gasteiger partial charge in [-0.05, 0) is 42.1 Å². The molecular weight excluding hydrogens is 260 g/mol. The van der Waals surface area contributed by atoms with Crippen LogP contribution in [0.3, 0.4) is 0 Å². The van der Waals surface area contributed by atoms with Crippen molar-refractivity contribution in [1.82, 2.24) is 0 Å². The monoisotopic (exact) mass is 290 g/mol. The van der Waals surface area contributed by atoms with Crippen LogP contribution < -0.4 is 0 Å². The first-order valence-electron chi connectivity index (χ1n) is 8.31. The summed E-state index contributed by atoms with van der Waals surface area (Å²) in [5.74, 6) is 1.09. The van der Waals surface area contributed by atoms with E-state index in [1.807, 2.05) is 6.07 Å². The fraction of sp³-hybridized carbons (Fsp3) is 0.684. The largest absolute Gasteiger partial charge is 0.393 e. The van der Waals surface area contributed by atoms with Crippen LogP contribution in [-0.4, -0.2) is 17.8 Å². The van der Waals surface area contributed by atoms with Crippen molar-refractivity contribution in [3.8, 4) is 0 Å². The van der Waals surface area contributed by atoms with Gasteiger partial charge in [0.05, 0.1) is 12.7 Å². The number of hydrogen-bond donors (Lipinski definition) is 1. The van der Waals surface area contributed by atoms with Crippen molar-refractivity contribution < 1.29 is 9.84 Å². The molecule has 1 aliphatic carbocycles. The molecule has 0 aromatic heterocycles. The zero-order chi connectivity index (χ0) is 15.3. The van der Waals surface area contributed by atoms with Gasteiger partial charge in [0.15, 0.2) is 0 Å². The number of aliphatic hydroxyl groups is 1. The lowest BCUT2D eigenvalue weighted by molar-refractivity contribution is -0.0142. The zero-order valence-corrected chi connectivity index (χ0v) is 13.7. The maximum atomic E-state index is 9.97. The van der Waals surface area contributed by atoms with Gasteiger partial charge in [0, 0.05) is 6.61 Å². The molecule has 21 heavy (non-hydrogen) atoms. The third-order valence-electron chi connectivity index (χ3n) is 5.43. The molecule has 2 nitrogen and oxygen atoms in total. The summed E-state index contributed by atoms with van der Waals surface area (Å²) in [6.45, 7) is 8.43. The quantitative estimate of drug-likeness (QED) is 0.840. The highest BCUT2D eigenvalue weighted by Crippen LogP contribution is 2.45. The van der Waals surface area contributed by atoms with E-state index in [-0.39, 0.29) is 11.5 Å². The van der Waals surface area contributed by atoms with E-state index in [0.29, 0.717) is 18.4 Å². The highest BCUT2D eigenvalue weighted by Gasteiger charge is 2.38. The summed E-state index contributed by atoms with van der Waals surface area (Å²) in [6, 6.07) is 10.3. The minimum absolute atomic E-state index is 0.108. The minimum atomic E-state index is -0.108. The summed E-state index contributed by atoms with van der Waals surface area (Å²) in [6.07, 6.45) is 4.19. The molecule has 1 aromatic carbocycles. The van der Waals surface area contributed by atoms with Crippen molar-refractivity contribution in [3.63, 3.8) is 0 Å². The van der Waals surface area contributed by atoms with Crippen molar-refractivity contribution in [2.24, 2.45) is 17.3 Å². The van der Waals surface area contributed by atoms with Crippen LogP contribution in [-0.2, 0) is 11.3 Å². The summed E-state index contributed by atoms with van der Waals surface area (Å²) in [4.78, 5) is 0. The molecule has 1 aliphatic rings. The second kappa shape index (κ2) is 7.42. The summed E-state index contributed by atoms with van der Waals surface area (Å²) >= 11 is 0. The Balaban J connectivity index is 1.80. The lowest BCUT2D eigenvalue weighted by Crippen LogP contribution is -2.38. The molecule has 0 aliphatic heterocycles. The molecule has 1 fully saturated rings. The molecule has 0 spiro atoms. The SMILES string of the molecule is C[C@H]([C@@H](C)COCc1ccccc1)[C@@]1(C)CCC[C@H](O)C1. The number of rotatable bonds is 6. The van der Waals surface area contributed by atoms with E-state index in [9.17, 15) is 5.11 Å². The molecule has 0 saturated heterocycles. The molecule has 118 valence electrons. The molecule has 0 radical (unpaired) electrons. The molecule has 1 saturated carbocycles. The highest BCUT2D eigenvalue weighted by molar-refractivity contribution is 5.13. The zero-order valence-electron chi connectivity index (χ0n) is 13.7. The van der Waals surface area contributed by atoms with Crippen LogP contribution >= 0.6 is 0 Å². The van der Waals surface area contributed by atoms with Crippen LogP contribution in [0.2, 0.25) is 0 Å². The van der Waals surface area contributed by atoms with Crippen molar-refractivity contribution in [2.45, 2.75) is 59.2 Å². The topological polar surface area (TPSA) is 29.5 Å². The maximum absolute atomic E-state index is 9.97. The van der Waals surface area contributed by atoms with Crippen LogP contribution in [0.5, 0.6) is 0 Å². The molecule has 2 heteroatoms. The summed E-state index contributed by atoms with van der Waals surface area (Å²) < 4.78 is 5.90. The average Bonchev–Trinajstić information content (AvgIpc) is 2.47. The van der Waals surface area contributed by atoms with Crippen LogP contribution in [0.15, 0.2) is 30.3 Å². The molecule has 1 N–H and O–H groups in total. The van der Waals surface area contributed by atoms with Crippen LogP contribution in [0.4, 0.5) is 0 Å². The fourth-order valence-electron chi connectivity index (χ4n) is 3.67. The van der Waals surface area contributed by atoms with Gasteiger partial charge < -0.3 is 9.84 Å². The highest BCUT2D eigenvalue weighted by atomic mass is 16.5. The maximum Gasteiger partial charge on any atom is 0.0717 e. The van der Waals surface area contributed by atoms with Crippen LogP contribution in [0.1, 0.15) is 52.0 Å². The smallest absolute Gasteiger partial charge is 0.0717 e. The first-order valence-corrected chi connectivity index (χ1v) is 8.31. The Labute approximate surface area is 129 Å². The van der Waals surface area contributed by atoms with E-state index in [2.05, 4.69) is 45.0 Å². The van der Waals surface area contributed by atoms with Gasteiger partial charge in [-0.15, -0.1) is 0 Å². The molecule has 4 atom stereocenters. The van der Waals surface area contributed by atoms with Gasteiger partial charge in [-0.1, -0.05) is 57.5 Å². The van der Waals surface area contributed by atoms with E-state index in [0.717, 1.165) is 25.9 Å². The number of benzene rings is 1. The van der Waals surface area contributed by atoms with Gasteiger partial charge in [0.1, 0.15) is 0 Å². The molecule has 0 amide bonds. The van der Waals surface area contributed by atoms with Gasteiger partial charge in [-0.3, -0.25) is 0 Å². The minimum Gasteiger partial charge on any atom is -0.393 e. The third-order valence-corrected chi connectivity index (χ3v) is 5.43. The predicted octanol–water partition coefficient (Wildman–Crippen LogP) is 4.42. The predicted molar refractivity (Wildman–Crippen MR) is 87.0 cm³/mol. The summed E-state index contributed by atoms with van der Waals surface area (Å²) in [7, 11) is 0. The van der Waals surface area contributed by atoms with E-state index in [4.69, 9.17) is 4.74 Å². The van der Waals surface area contributed by atoms with E-state index in [1.54, 1.807) is 0 Å². The lowest BCUT2D eigenvalue weighted by atomic mass is 9.63. The second-order valence-corrected chi connectivity index (χ2v) is 7.17. The Hall–Kier alpha value is -0.860. The van der Waals surface area contributed by atoms with E-state index >= 15 is 0 Å². The molecule has 0 heterocycles. The molecule has 0 bridgehead atoms. The van der Waals surface area contributed by atoms with Gasteiger partial charge >= 0.3 is 0 Å². The normalized spacial score (nSPS) is 29.0. The Kier molecular flexibility index (Phi) is 5.83. The molecule has 2 rings (SSSR count).